The molecular formula is C20H19Cl2F3N2O2. The van der Waals surface area contributed by atoms with Crippen LogP contribution in [0.4, 0.5) is 13.2 Å². The summed E-state index contributed by atoms with van der Waals surface area (Å²) in [4.78, 5) is 16.2. The molecular weight excluding hydrogens is 428 g/mol. The number of carbonyl (C=O) groups excluding carboxylic acids is 1. The number of dihydropyridines is 1. The van der Waals surface area contributed by atoms with Crippen molar-refractivity contribution < 1.29 is 22.7 Å². The average Bonchev–Trinajstić information content (AvgIpc) is 2.63. The lowest BCUT2D eigenvalue weighted by molar-refractivity contribution is -0.137. The van der Waals surface area contributed by atoms with Gasteiger partial charge in [-0.15, -0.1) is 0 Å². The number of esters is 1. The lowest BCUT2D eigenvalue weighted by atomic mass is 9.83. The Hall–Kier alpha value is -2.17. The fourth-order valence-corrected chi connectivity index (χ4v) is 3.76. The molecule has 0 radical (unpaired) electrons. The Kier molecular flexibility index (Phi) is 7.61. The molecule has 156 valence electrons. The van der Waals surface area contributed by atoms with Gasteiger partial charge in [0.15, 0.2) is 5.70 Å². The summed E-state index contributed by atoms with van der Waals surface area (Å²) in [6, 6.07) is 4.73. The van der Waals surface area contributed by atoms with Crippen LogP contribution in [0.5, 0.6) is 0 Å². The number of hydrogen-bond acceptors (Lipinski definition) is 3. The van der Waals surface area contributed by atoms with E-state index in [9.17, 15) is 18.0 Å². The first-order valence-electron chi connectivity index (χ1n) is 8.77. The molecule has 1 unspecified atom stereocenters. The number of methoxy groups -OCH3 is 1. The number of rotatable bonds is 6. The first-order chi connectivity index (χ1) is 13.6. The highest BCUT2D eigenvalue weighted by atomic mass is 35.5. The number of hydrogen-bond donors (Lipinski definition) is 1. The van der Waals surface area contributed by atoms with Crippen molar-refractivity contribution in [1.29, 1.82) is 0 Å². The molecule has 9 heteroatoms. The molecule has 0 aromatic heterocycles. The topological polar surface area (TPSA) is 42.7 Å². The van der Waals surface area contributed by atoms with E-state index in [0.717, 1.165) is 0 Å². The molecule has 1 aliphatic heterocycles. The summed E-state index contributed by atoms with van der Waals surface area (Å²) in [6.45, 7) is 9.24. The van der Waals surface area contributed by atoms with Gasteiger partial charge in [0.2, 0.25) is 0 Å². The van der Waals surface area contributed by atoms with Gasteiger partial charge in [-0.2, -0.15) is 13.2 Å². The first-order valence-corrected chi connectivity index (χ1v) is 9.53. The third kappa shape index (κ3) is 5.68. The number of halogens is 5. The van der Waals surface area contributed by atoms with Gasteiger partial charge < -0.3 is 10.1 Å². The standard InChI is InChI=1S/C20H19Cl2F3N2O2/c1-11-18(26-2)16(13-8-7-12(21)10-14(13)22)17(19(28)29-3)15(27-11)6-4-5-9-20(23,24)25/h7-8,10,16,27H,4-6,9H2,1,3H3. The number of nitrogens with one attached hydrogen (secondary N) is 1. The average molecular weight is 447 g/mol. The minimum atomic E-state index is -4.23. The van der Waals surface area contributed by atoms with Crippen molar-refractivity contribution in [2.24, 2.45) is 0 Å². The second-order valence-electron chi connectivity index (χ2n) is 6.55. The Morgan fingerprint density at radius 1 is 1.31 bits per heavy atom. The molecule has 0 saturated carbocycles. The van der Waals surface area contributed by atoms with E-state index < -0.39 is 24.5 Å². The van der Waals surface area contributed by atoms with E-state index in [0.29, 0.717) is 22.0 Å². The third-order valence-corrected chi connectivity index (χ3v) is 5.11. The maximum absolute atomic E-state index is 12.6. The Bertz CT molecular complexity index is 902. The number of nitrogens with zero attached hydrogens (tertiary/aromatic N) is 1. The van der Waals surface area contributed by atoms with Crippen LogP contribution in [0.2, 0.25) is 10.0 Å². The zero-order chi connectivity index (χ0) is 21.8. The van der Waals surface area contributed by atoms with Crippen molar-refractivity contribution in [2.75, 3.05) is 7.11 Å². The summed E-state index contributed by atoms with van der Waals surface area (Å²) >= 11 is 12.3. The summed E-state index contributed by atoms with van der Waals surface area (Å²) in [5.41, 5.74) is 1.86. The van der Waals surface area contributed by atoms with Gasteiger partial charge in [-0.1, -0.05) is 29.3 Å². The molecule has 0 bridgehead atoms. The van der Waals surface area contributed by atoms with Crippen LogP contribution in [0.1, 0.15) is 44.1 Å². The third-order valence-electron chi connectivity index (χ3n) is 4.55. The summed E-state index contributed by atoms with van der Waals surface area (Å²) in [7, 11) is 1.21. The molecule has 0 aliphatic carbocycles. The van der Waals surface area contributed by atoms with Crippen LogP contribution < -0.4 is 5.32 Å². The fraction of sp³-hybridized carbons (Fsp3) is 0.400. The number of allylic oxidation sites excluding steroid dienone is 3. The van der Waals surface area contributed by atoms with Crippen LogP contribution in [0.25, 0.3) is 4.85 Å². The van der Waals surface area contributed by atoms with Crippen molar-refractivity contribution >= 4 is 29.2 Å². The highest BCUT2D eigenvalue weighted by molar-refractivity contribution is 6.35. The number of carbonyl (C=O) groups is 1. The molecule has 1 aliphatic rings. The van der Waals surface area contributed by atoms with E-state index in [4.69, 9.17) is 34.5 Å². The second-order valence-corrected chi connectivity index (χ2v) is 7.40. The van der Waals surface area contributed by atoms with Crippen molar-refractivity contribution in [1.82, 2.24) is 5.32 Å². The van der Waals surface area contributed by atoms with Gasteiger partial charge in [0.05, 0.1) is 25.2 Å². The first kappa shape index (κ1) is 23.1. The minimum Gasteiger partial charge on any atom is -0.466 e. The Balaban J connectivity index is 2.49. The van der Waals surface area contributed by atoms with Crippen molar-refractivity contribution in [2.45, 2.75) is 44.7 Å². The fourth-order valence-electron chi connectivity index (χ4n) is 3.25. The van der Waals surface area contributed by atoms with Crippen molar-refractivity contribution in [3.63, 3.8) is 0 Å². The largest absolute Gasteiger partial charge is 0.466 e. The van der Waals surface area contributed by atoms with Crippen LogP contribution in [-0.2, 0) is 9.53 Å². The van der Waals surface area contributed by atoms with Crippen molar-refractivity contribution in [3.8, 4) is 0 Å². The molecule has 0 saturated heterocycles. The molecule has 1 heterocycles. The van der Waals surface area contributed by atoms with E-state index >= 15 is 0 Å². The maximum atomic E-state index is 12.6. The molecule has 4 nitrogen and oxygen atoms in total. The van der Waals surface area contributed by atoms with Gasteiger partial charge in [0.1, 0.15) is 0 Å². The van der Waals surface area contributed by atoms with Gasteiger partial charge in [0, 0.05) is 27.9 Å². The zero-order valence-corrected chi connectivity index (χ0v) is 17.3. The van der Waals surface area contributed by atoms with E-state index in [2.05, 4.69) is 10.2 Å². The SMILES string of the molecule is [C-]#[N+]C1=C(C)NC(CCCCC(F)(F)F)=C(C(=O)OC)C1c1ccc(Cl)cc1Cl. The Labute approximate surface area is 177 Å². The molecule has 1 atom stereocenters. The molecule has 1 aromatic rings. The normalized spacial score (nSPS) is 17.1. The molecule has 0 spiro atoms. The molecule has 0 amide bonds. The van der Waals surface area contributed by atoms with Crippen LogP contribution in [0.3, 0.4) is 0 Å². The number of ether oxygens (including phenoxy) is 1. The van der Waals surface area contributed by atoms with Crippen LogP contribution in [0.15, 0.2) is 40.9 Å². The van der Waals surface area contributed by atoms with E-state index in [1.807, 2.05) is 0 Å². The van der Waals surface area contributed by atoms with Crippen molar-refractivity contribution in [3.05, 3.63) is 67.9 Å². The molecule has 0 fully saturated rings. The highest BCUT2D eigenvalue weighted by Gasteiger charge is 2.36. The van der Waals surface area contributed by atoms with Crippen LogP contribution >= 0.6 is 23.2 Å². The Morgan fingerprint density at radius 2 is 2.00 bits per heavy atom. The van der Waals surface area contributed by atoms with Gasteiger partial charge in [-0.3, -0.25) is 0 Å². The van der Waals surface area contributed by atoms with Gasteiger partial charge in [-0.05, 0) is 43.9 Å². The molecule has 1 N–H and O–H groups in total. The maximum Gasteiger partial charge on any atom is 0.389 e. The Morgan fingerprint density at radius 3 is 2.55 bits per heavy atom. The summed E-state index contributed by atoms with van der Waals surface area (Å²) < 4.78 is 42.2. The molecule has 2 rings (SSSR count). The molecule has 29 heavy (non-hydrogen) atoms. The van der Waals surface area contributed by atoms with Gasteiger partial charge >= 0.3 is 12.1 Å². The number of alkyl halides is 3. The van der Waals surface area contributed by atoms with Crippen LogP contribution in [-0.4, -0.2) is 19.3 Å². The number of benzene rings is 1. The van der Waals surface area contributed by atoms with E-state index in [1.165, 1.54) is 13.2 Å². The van der Waals surface area contributed by atoms with Gasteiger partial charge in [0.25, 0.3) is 0 Å². The van der Waals surface area contributed by atoms with E-state index in [-0.39, 0.29) is 35.6 Å². The predicted octanol–water partition coefficient (Wildman–Crippen LogP) is 6.38. The quantitative estimate of drug-likeness (QED) is 0.313. The molecule has 1 aromatic carbocycles. The predicted molar refractivity (Wildman–Crippen MR) is 105 cm³/mol. The lowest BCUT2D eigenvalue weighted by Gasteiger charge is -2.30. The zero-order valence-electron chi connectivity index (χ0n) is 15.8. The minimum absolute atomic E-state index is 0.0755. The summed E-state index contributed by atoms with van der Waals surface area (Å²) in [5, 5.41) is 3.68. The van der Waals surface area contributed by atoms with Crippen LogP contribution in [0, 0.1) is 6.57 Å². The lowest BCUT2D eigenvalue weighted by Crippen LogP contribution is -2.29. The highest BCUT2D eigenvalue weighted by Crippen LogP contribution is 2.43. The monoisotopic (exact) mass is 446 g/mol. The number of unbranched alkanes of at least 4 members (excludes halogenated alkanes) is 1. The summed E-state index contributed by atoms with van der Waals surface area (Å²) in [6.07, 6.45) is -4.79. The van der Waals surface area contributed by atoms with Gasteiger partial charge in [-0.25, -0.2) is 9.64 Å². The van der Waals surface area contributed by atoms with E-state index in [1.54, 1.807) is 19.1 Å². The summed E-state index contributed by atoms with van der Waals surface area (Å²) in [5.74, 6) is -1.48. The smallest absolute Gasteiger partial charge is 0.389 e. The second kappa shape index (κ2) is 9.55.